The maximum atomic E-state index is 13.5. The lowest BCUT2D eigenvalue weighted by molar-refractivity contribution is -0.121. The van der Waals surface area contributed by atoms with Crippen LogP contribution in [0, 0.1) is 0 Å². The van der Waals surface area contributed by atoms with E-state index in [2.05, 4.69) is 27.5 Å². The van der Waals surface area contributed by atoms with E-state index < -0.39 is 5.92 Å². The summed E-state index contributed by atoms with van der Waals surface area (Å²) in [6, 6.07) is 27.0. The summed E-state index contributed by atoms with van der Waals surface area (Å²) in [5.41, 5.74) is 6.72. The van der Waals surface area contributed by atoms with Gasteiger partial charge in [-0.3, -0.25) is 14.7 Å². The van der Waals surface area contributed by atoms with E-state index in [4.69, 9.17) is 0 Å². The molecule has 37 heavy (non-hydrogen) atoms. The number of thiazole rings is 1. The average Bonchev–Trinajstić information content (AvgIpc) is 3.49. The Labute approximate surface area is 218 Å². The number of nitrogens with zero attached hydrogens (tertiary/aromatic N) is 3. The molecule has 2 heterocycles. The molecule has 1 amide bonds. The second-order valence-electron chi connectivity index (χ2n) is 8.75. The maximum absolute atomic E-state index is 13.5. The summed E-state index contributed by atoms with van der Waals surface area (Å²) >= 11 is 1.44. The predicted molar refractivity (Wildman–Crippen MR) is 149 cm³/mol. The van der Waals surface area contributed by atoms with Crippen molar-refractivity contribution >= 4 is 33.2 Å². The number of fused-ring (bicyclic) bond motifs is 1. The number of para-hydroxylation sites is 1. The number of hydrazone groups is 1. The fourth-order valence-corrected chi connectivity index (χ4v) is 5.35. The number of rotatable bonds is 8. The number of nitrogens with one attached hydrogen (secondary N) is 2. The van der Waals surface area contributed by atoms with Crippen LogP contribution < -0.4 is 11.0 Å². The highest BCUT2D eigenvalue weighted by atomic mass is 32.1. The Kier molecular flexibility index (Phi) is 7.09. The van der Waals surface area contributed by atoms with E-state index in [1.165, 1.54) is 16.0 Å². The molecule has 186 valence electrons. The van der Waals surface area contributed by atoms with Crippen molar-refractivity contribution in [3.05, 3.63) is 118 Å². The molecule has 0 unspecified atom stereocenters. The van der Waals surface area contributed by atoms with Gasteiger partial charge in [0.2, 0.25) is 5.13 Å². The maximum Gasteiger partial charge on any atom is 0.282 e. The Morgan fingerprint density at radius 3 is 2.24 bits per heavy atom. The number of benzene rings is 3. The third-order valence-electron chi connectivity index (χ3n) is 6.16. The van der Waals surface area contributed by atoms with E-state index >= 15 is 0 Å². The summed E-state index contributed by atoms with van der Waals surface area (Å²) in [5.74, 6) is -0.796. The van der Waals surface area contributed by atoms with Gasteiger partial charge in [-0.15, -0.1) is 0 Å². The number of aromatic amines is 1. The summed E-state index contributed by atoms with van der Waals surface area (Å²) in [4.78, 5) is 31.5. The Bertz CT molecular complexity index is 1540. The van der Waals surface area contributed by atoms with Crippen molar-refractivity contribution in [3.63, 3.8) is 0 Å². The van der Waals surface area contributed by atoms with Crippen molar-refractivity contribution in [2.75, 3.05) is 0 Å². The highest BCUT2D eigenvalue weighted by Gasteiger charge is 2.24. The van der Waals surface area contributed by atoms with Crippen molar-refractivity contribution in [2.45, 2.75) is 32.6 Å². The van der Waals surface area contributed by atoms with Crippen molar-refractivity contribution in [1.29, 1.82) is 0 Å². The summed E-state index contributed by atoms with van der Waals surface area (Å²) in [6.45, 7) is 3.79. The molecular formula is C29H27N5O2S. The topological polar surface area (TPSA) is 92.1 Å². The van der Waals surface area contributed by atoms with Gasteiger partial charge in [-0.2, -0.15) is 9.78 Å². The summed E-state index contributed by atoms with van der Waals surface area (Å²) in [6.07, 6.45) is 1.51. The molecule has 0 bridgehead atoms. The molecule has 0 saturated heterocycles. The lowest BCUT2D eigenvalue weighted by atomic mass is 9.91. The van der Waals surface area contributed by atoms with Crippen LogP contribution in [0.1, 0.15) is 48.6 Å². The van der Waals surface area contributed by atoms with E-state index in [1.54, 1.807) is 6.92 Å². The van der Waals surface area contributed by atoms with Crippen molar-refractivity contribution in [1.82, 2.24) is 20.2 Å². The van der Waals surface area contributed by atoms with Gasteiger partial charge in [0.15, 0.2) is 0 Å². The van der Waals surface area contributed by atoms with Crippen LogP contribution in [0.3, 0.4) is 0 Å². The van der Waals surface area contributed by atoms with E-state index in [1.807, 2.05) is 84.9 Å². The van der Waals surface area contributed by atoms with Crippen LogP contribution >= 0.6 is 11.3 Å². The molecule has 0 radical (unpaired) electrons. The Hall–Kier alpha value is -4.30. The monoisotopic (exact) mass is 509 g/mol. The van der Waals surface area contributed by atoms with Crippen LogP contribution in [0.2, 0.25) is 0 Å². The Balaban J connectivity index is 1.48. The molecule has 0 aliphatic rings. The van der Waals surface area contributed by atoms with E-state index in [0.29, 0.717) is 22.8 Å². The Morgan fingerprint density at radius 1 is 1.00 bits per heavy atom. The van der Waals surface area contributed by atoms with Crippen molar-refractivity contribution in [3.8, 4) is 5.13 Å². The highest BCUT2D eigenvalue weighted by Crippen LogP contribution is 2.25. The molecule has 3 aromatic carbocycles. The summed E-state index contributed by atoms with van der Waals surface area (Å²) in [5, 5.41) is 8.19. The lowest BCUT2D eigenvalue weighted by Crippen LogP contribution is -2.28. The molecule has 2 aromatic heterocycles. The normalized spacial score (nSPS) is 11.8. The number of aromatic nitrogens is 3. The number of aryl methyl sites for hydroxylation is 1. The van der Waals surface area contributed by atoms with Gasteiger partial charge >= 0.3 is 0 Å². The molecule has 0 aliphatic carbocycles. The summed E-state index contributed by atoms with van der Waals surface area (Å²) in [7, 11) is 0. The third kappa shape index (κ3) is 5.01. The number of amides is 1. The second kappa shape index (κ2) is 10.8. The largest absolute Gasteiger partial charge is 0.292 e. The first-order valence-corrected chi connectivity index (χ1v) is 13.0. The minimum atomic E-state index is -0.528. The third-order valence-corrected chi connectivity index (χ3v) is 7.18. The van der Waals surface area contributed by atoms with E-state index in [0.717, 1.165) is 33.5 Å². The van der Waals surface area contributed by atoms with Crippen LogP contribution in [0.15, 0.2) is 94.8 Å². The fourth-order valence-electron chi connectivity index (χ4n) is 4.42. The molecule has 5 rings (SSSR count). The van der Waals surface area contributed by atoms with Crippen molar-refractivity contribution in [2.24, 2.45) is 5.10 Å². The number of hydrogen-bond acceptors (Lipinski definition) is 5. The zero-order valence-corrected chi connectivity index (χ0v) is 21.5. The van der Waals surface area contributed by atoms with Gasteiger partial charge in [0.25, 0.3) is 11.5 Å². The van der Waals surface area contributed by atoms with Crippen LogP contribution in [0.4, 0.5) is 0 Å². The molecule has 0 spiro atoms. The number of carbonyl (C=O) groups is 1. The van der Waals surface area contributed by atoms with Crippen molar-refractivity contribution < 1.29 is 4.79 Å². The summed E-state index contributed by atoms with van der Waals surface area (Å²) < 4.78 is 2.48. The molecule has 8 heteroatoms. The fraction of sp³-hybridized carbons (Fsp3) is 0.172. The van der Waals surface area contributed by atoms with Crippen LogP contribution in [0.5, 0.6) is 0 Å². The first kappa shape index (κ1) is 24.4. The molecule has 0 atom stereocenters. The van der Waals surface area contributed by atoms with Gasteiger partial charge in [-0.25, -0.2) is 10.4 Å². The van der Waals surface area contributed by atoms with E-state index in [-0.39, 0.29) is 11.5 Å². The minimum Gasteiger partial charge on any atom is -0.292 e. The van der Waals surface area contributed by atoms with Gasteiger partial charge < -0.3 is 0 Å². The lowest BCUT2D eigenvalue weighted by Gasteiger charge is -2.16. The quantitative estimate of drug-likeness (QED) is 0.217. The van der Waals surface area contributed by atoms with Gasteiger partial charge in [0.05, 0.1) is 27.4 Å². The zero-order valence-electron chi connectivity index (χ0n) is 20.6. The highest BCUT2D eigenvalue weighted by molar-refractivity contribution is 7.20. The molecule has 7 nitrogen and oxygen atoms in total. The van der Waals surface area contributed by atoms with Gasteiger partial charge in [-0.1, -0.05) is 97.5 Å². The molecular weight excluding hydrogens is 482 g/mol. The first-order valence-electron chi connectivity index (χ1n) is 12.2. The standard InChI is InChI=1S/C29H27N5O2S/c1-3-12-23-25(28(36)34(33-23)29-30-22-17-10-11-18-24(22)37-29)19(2)31-32-27(35)26(20-13-6-4-7-14-20)21-15-8-5-9-16-21/h4-11,13-18,26,33H,3,12H2,1-2H3,(H,32,35)/b31-19+. The molecule has 2 N–H and O–H groups in total. The molecule has 0 fully saturated rings. The Morgan fingerprint density at radius 2 is 1.62 bits per heavy atom. The zero-order chi connectivity index (χ0) is 25.8. The van der Waals surface area contributed by atoms with Crippen LogP contribution in [0.25, 0.3) is 15.3 Å². The van der Waals surface area contributed by atoms with Gasteiger partial charge in [-0.05, 0) is 36.6 Å². The van der Waals surface area contributed by atoms with Gasteiger partial charge in [0, 0.05) is 5.69 Å². The average molecular weight is 510 g/mol. The first-order chi connectivity index (χ1) is 18.1. The molecule has 0 aliphatic heterocycles. The van der Waals surface area contributed by atoms with Crippen LogP contribution in [-0.2, 0) is 11.2 Å². The SMILES string of the molecule is CCCc1[nH]n(-c2nc3ccccc3s2)c(=O)c1/C(C)=N/NC(=O)C(c1ccccc1)c1ccccc1. The molecule has 5 aromatic rings. The number of carbonyl (C=O) groups excluding carboxylic acids is 1. The smallest absolute Gasteiger partial charge is 0.282 e. The van der Waals surface area contributed by atoms with Gasteiger partial charge in [0.1, 0.15) is 0 Å². The minimum absolute atomic E-state index is 0.235. The second-order valence-corrected chi connectivity index (χ2v) is 9.76. The van der Waals surface area contributed by atoms with Crippen LogP contribution in [-0.4, -0.2) is 26.4 Å². The molecule has 0 saturated carbocycles. The number of hydrogen-bond donors (Lipinski definition) is 2. The number of H-pyrrole nitrogens is 1. The van der Waals surface area contributed by atoms with E-state index in [9.17, 15) is 9.59 Å². The predicted octanol–water partition coefficient (Wildman–Crippen LogP) is 5.40.